The maximum Gasteiger partial charge on any atom is 0.251 e. The Morgan fingerprint density at radius 2 is 1.93 bits per heavy atom. The third-order valence-electron chi connectivity index (χ3n) is 4.46. The summed E-state index contributed by atoms with van der Waals surface area (Å²) in [6, 6.07) is 15.1. The Morgan fingerprint density at radius 1 is 1.14 bits per heavy atom. The second kappa shape index (κ2) is 9.42. The van der Waals surface area contributed by atoms with Gasteiger partial charge in [0.05, 0.1) is 5.02 Å². The summed E-state index contributed by atoms with van der Waals surface area (Å²) in [7, 11) is 0. The van der Waals surface area contributed by atoms with Crippen LogP contribution in [0.5, 0.6) is 5.75 Å². The lowest BCUT2D eigenvalue weighted by atomic mass is 10.1. The Balaban J connectivity index is 1.46. The van der Waals surface area contributed by atoms with Crippen LogP contribution < -0.4 is 10.1 Å². The molecule has 0 fully saturated rings. The van der Waals surface area contributed by atoms with E-state index in [2.05, 4.69) is 10.4 Å². The molecule has 1 heterocycles. The summed E-state index contributed by atoms with van der Waals surface area (Å²) in [4.78, 5) is 12.3. The summed E-state index contributed by atoms with van der Waals surface area (Å²) in [6.45, 7) is 5.80. The molecule has 5 nitrogen and oxygen atoms in total. The van der Waals surface area contributed by atoms with Crippen LogP contribution in [0.1, 0.15) is 33.6 Å². The van der Waals surface area contributed by atoms with Gasteiger partial charge in [-0.3, -0.25) is 9.48 Å². The average Bonchev–Trinajstić information content (AvgIpc) is 3.11. The van der Waals surface area contributed by atoms with Crippen molar-refractivity contribution in [2.75, 3.05) is 6.54 Å². The van der Waals surface area contributed by atoms with Crippen LogP contribution in [0.25, 0.3) is 0 Å². The van der Waals surface area contributed by atoms with Gasteiger partial charge in [-0.25, -0.2) is 0 Å². The Hall–Kier alpha value is -2.79. The SMILES string of the molecule is Cc1ccc(Cl)c(OCc2ccc(C(=O)NCCCn3nccc3C)cc2)c1. The molecule has 0 saturated carbocycles. The fourth-order valence-electron chi connectivity index (χ4n) is 2.80. The number of carbonyl (C=O) groups excluding carboxylic acids is 1. The van der Waals surface area contributed by atoms with Gasteiger partial charge in [-0.1, -0.05) is 29.8 Å². The molecule has 3 rings (SSSR count). The first-order valence-corrected chi connectivity index (χ1v) is 9.65. The predicted molar refractivity (Wildman–Crippen MR) is 111 cm³/mol. The lowest BCUT2D eigenvalue weighted by Gasteiger charge is -2.10. The first-order chi connectivity index (χ1) is 13.5. The maximum absolute atomic E-state index is 12.3. The van der Waals surface area contributed by atoms with Crippen molar-refractivity contribution in [2.45, 2.75) is 33.4 Å². The molecule has 2 aromatic carbocycles. The topological polar surface area (TPSA) is 56.1 Å². The van der Waals surface area contributed by atoms with Gasteiger partial charge >= 0.3 is 0 Å². The van der Waals surface area contributed by atoms with Crippen molar-refractivity contribution < 1.29 is 9.53 Å². The molecule has 0 spiro atoms. The van der Waals surface area contributed by atoms with Gasteiger partial charge in [-0.2, -0.15) is 5.10 Å². The van der Waals surface area contributed by atoms with Gasteiger partial charge in [0.25, 0.3) is 5.91 Å². The highest BCUT2D eigenvalue weighted by Gasteiger charge is 2.06. The molecule has 1 N–H and O–H groups in total. The van der Waals surface area contributed by atoms with Gasteiger partial charge in [0.15, 0.2) is 0 Å². The standard InChI is InChI=1S/C22H24ClN3O2/c1-16-4-9-20(23)21(14-16)28-15-18-5-7-19(8-6-18)22(27)24-11-3-13-26-17(2)10-12-25-26/h4-10,12,14H,3,11,13,15H2,1-2H3,(H,24,27). The van der Waals surface area contributed by atoms with Crippen molar-refractivity contribution >= 4 is 17.5 Å². The van der Waals surface area contributed by atoms with Crippen molar-refractivity contribution in [1.82, 2.24) is 15.1 Å². The summed E-state index contributed by atoms with van der Waals surface area (Å²) in [5.41, 5.74) is 3.82. The minimum absolute atomic E-state index is 0.0774. The zero-order valence-corrected chi connectivity index (χ0v) is 16.9. The summed E-state index contributed by atoms with van der Waals surface area (Å²) < 4.78 is 7.72. The average molecular weight is 398 g/mol. The molecule has 1 amide bonds. The van der Waals surface area contributed by atoms with Crippen LogP contribution in [0.4, 0.5) is 0 Å². The number of rotatable bonds is 8. The maximum atomic E-state index is 12.3. The number of aryl methyl sites for hydroxylation is 3. The molecule has 1 aromatic heterocycles. The lowest BCUT2D eigenvalue weighted by molar-refractivity contribution is 0.0952. The van der Waals surface area contributed by atoms with Crippen molar-refractivity contribution in [2.24, 2.45) is 0 Å². The van der Waals surface area contributed by atoms with Crippen LogP contribution in [0.2, 0.25) is 5.02 Å². The van der Waals surface area contributed by atoms with E-state index in [-0.39, 0.29) is 5.91 Å². The number of benzene rings is 2. The van der Waals surface area contributed by atoms with Crippen molar-refractivity contribution in [3.8, 4) is 5.75 Å². The molecule has 0 radical (unpaired) electrons. The van der Waals surface area contributed by atoms with E-state index in [1.807, 2.05) is 67.1 Å². The fourth-order valence-corrected chi connectivity index (χ4v) is 2.97. The molecule has 28 heavy (non-hydrogen) atoms. The molecule has 6 heteroatoms. The van der Waals surface area contributed by atoms with E-state index < -0.39 is 0 Å². The van der Waals surface area contributed by atoms with Crippen molar-refractivity contribution in [3.63, 3.8) is 0 Å². The summed E-state index contributed by atoms with van der Waals surface area (Å²) in [6.07, 6.45) is 2.61. The van der Waals surface area contributed by atoms with E-state index in [0.29, 0.717) is 29.5 Å². The minimum atomic E-state index is -0.0774. The zero-order chi connectivity index (χ0) is 19.9. The zero-order valence-electron chi connectivity index (χ0n) is 16.1. The minimum Gasteiger partial charge on any atom is -0.487 e. The summed E-state index contributed by atoms with van der Waals surface area (Å²) in [5, 5.41) is 7.77. The van der Waals surface area contributed by atoms with Gasteiger partial charge in [0.2, 0.25) is 0 Å². The quantitative estimate of drug-likeness (QED) is 0.567. The van der Waals surface area contributed by atoms with Gasteiger partial charge in [0.1, 0.15) is 12.4 Å². The third-order valence-corrected chi connectivity index (χ3v) is 4.77. The summed E-state index contributed by atoms with van der Waals surface area (Å²) >= 11 is 6.15. The van der Waals surface area contributed by atoms with E-state index >= 15 is 0 Å². The number of hydrogen-bond donors (Lipinski definition) is 1. The smallest absolute Gasteiger partial charge is 0.251 e. The molecule has 0 bridgehead atoms. The van der Waals surface area contributed by atoms with Crippen LogP contribution in [0.15, 0.2) is 54.7 Å². The van der Waals surface area contributed by atoms with E-state index in [9.17, 15) is 4.79 Å². The largest absolute Gasteiger partial charge is 0.487 e. The number of hydrogen-bond acceptors (Lipinski definition) is 3. The highest BCUT2D eigenvalue weighted by molar-refractivity contribution is 6.32. The summed E-state index contributed by atoms with van der Waals surface area (Å²) in [5.74, 6) is 0.585. The molecule has 0 aliphatic heterocycles. The first-order valence-electron chi connectivity index (χ1n) is 9.27. The number of nitrogens with one attached hydrogen (secondary N) is 1. The van der Waals surface area contributed by atoms with E-state index in [1.54, 1.807) is 6.20 Å². The van der Waals surface area contributed by atoms with Crippen LogP contribution >= 0.6 is 11.6 Å². The van der Waals surface area contributed by atoms with E-state index in [0.717, 1.165) is 29.8 Å². The third kappa shape index (κ3) is 5.36. The highest BCUT2D eigenvalue weighted by atomic mass is 35.5. The van der Waals surface area contributed by atoms with Crippen LogP contribution in [0, 0.1) is 13.8 Å². The Bertz CT molecular complexity index is 935. The molecule has 0 atom stereocenters. The van der Waals surface area contributed by atoms with Crippen molar-refractivity contribution in [1.29, 1.82) is 0 Å². The Labute approximate surface area is 170 Å². The normalized spacial score (nSPS) is 10.7. The molecule has 0 aliphatic carbocycles. The van der Waals surface area contributed by atoms with Crippen LogP contribution in [-0.4, -0.2) is 22.2 Å². The van der Waals surface area contributed by atoms with Gasteiger partial charge in [-0.05, 0) is 61.7 Å². The van der Waals surface area contributed by atoms with Crippen LogP contribution in [-0.2, 0) is 13.2 Å². The van der Waals surface area contributed by atoms with Gasteiger partial charge in [-0.15, -0.1) is 0 Å². The Morgan fingerprint density at radius 3 is 2.64 bits per heavy atom. The molecular formula is C22H24ClN3O2. The predicted octanol–water partition coefficient (Wildman–Crippen LogP) is 4.55. The number of aromatic nitrogens is 2. The second-order valence-corrected chi connectivity index (χ2v) is 7.13. The molecule has 146 valence electrons. The fraction of sp³-hybridized carbons (Fsp3) is 0.273. The van der Waals surface area contributed by atoms with E-state index in [1.165, 1.54) is 0 Å². The van der Waals surface area contributed by atoms with Crippen molar-refractivity contribution in [3.05, 3.63) is 82.1 Å². The second-order valence-electron chi connectivity index (χ2n) is 6.72. The highest BCUT2D eigenvalue weighted by Crippen LogP contribution is 2.26. The number of ether oxygens (including phenoxy) is 1. The van der Waals surface area contributed by atoms with E-state index in [4.69, 9.17) is 16.3 Å². The van der Waals surface area contributed by atoms with Gasteiger partial charge < -0.3 is 10.1 Å². The number of nitrogens with zero attached hydrogens (tertiary/aromatic N) is 2. The van der Waals surface area contributed by atoms with Crippen LogP contribution in [0.3, 0.4) is 0 Å². The molecular weight excluding hydrogens is 374 g/mol. The molecule has 0 unspecified atom stereocenters. The Kier molecular flexibility index (Phi) is 6.71. The number of halogens is 1. The molecule has 0 saturated heterocycles. The lowest BCUT2D eigenvalue weighted by Crippen LogP contribution is -2.25. The molecule has 3 aromatic rings. The monoisotopic (exact) mass is 397 g/mol. The first kappa shape index (κ1) is 20.0. The van der Waals surface area contributed by atoms with Gasteiger partial charge in [0, 0.05) is 30.5 Å². The number of carbonyl (C=O) groups is 1. The number of amides is 1. The molecule has 0 aliphatic rings.